The summed E-state index contributed by atoms with van der Waals surface area (Å²) in [5, 5.41) is 2.02. The summed E-state index contributed by atoms with van der Waals surface area (Å²) in [5.74, 6) is 0.0363. The number of carbonyl (C=O) groups is 2. The maximum absolute atomic E-state index is 13.1. The zero-order valence-corrected chi connectivity index (χ0v) is 17.3. The first kappa shape index (κ1) is 21.0. The van der Waals surface area contributed by atoms with Crippen LogP contribution in [0.25, 0.3) is 0 Å². The van der Waals surface area contributed by atoms with Crippen molar-refractivity contribution in [1.82, 2.24) is 9.80 Å². The van der Waals surface area contributed by atoms with Crippen LogP contribution in [0.15, 0.2) is 48.4 Å². The van der Waals surface area contributed by atoms with Crippen molar-refractivity contribution in [2.45, 2.75) is 25.8 Å². The summed E-state index contributed by atoms with van der Waals surface area (Å²) in [6.45, 7) is 6.66. The Kier molecular flexibility index (Phi) is 7.04. The van der Waals surface area contributed by atoms with Gasteiger partial charge in [0.15, 0.2) is 0 Å². The van der Waals surface area contributed by atoms with Crippen LogP contribution in [0, 0.1) is 5.82 Å². The zero-order chi connectivity index (χ0) is 20.8. The van der Waals surface area contributed by atoms with Gasteiger partial charge in [-0.1, -0.05) is 13.0 Å². The number of ether oxygens (including phenoxy) is 1. The maximum Gasteiger partial charge on any atom is 0.242 e. The summed E-state index contributed by atoms with van der Waals surface area (Å²) < 4.78 is 19.0. The second-order valence-electron chi connectivity index (χ2n) is 6.83. The second kappa shape index (κ2) is 9.69. The fourth-order valence-corrected chi connectivity index (χ4v) is 4.40. The predicted octanol–water partition coefficient (Wildman–Crippen LogP) is 3.82. The van der Waals surface area contributed by atoms with E-state index >= 15 is 0 Å². The minimum absolute atomic E-state index is 0.0191. The van der Waals surface area contributed by atoms with Crippen molar-refractivity contribution in [2.75, 3.05) is 26.2 Å². The van der Waals surface area contributed by atoms with E-state index in [-0.39, 0.29) is 36.8 Å². The number of hydrogen-bond acceptors (Lipinski definition) is 4. The Balaban J connectivity index is 1.76. The summed E-state index contributed by atoms with van der Waals surface area (Å²) in [7, 11) is 0. The van der Waals surface area contributed by atoms with Gasteiger partial charge in [0.25, 0.3) is 0 Å². The third kappa shape index (κ3) is 5.03. The fraction of sp³-hybridized carbons (Fsp3) is 0.364. The molecule has 3 rings (SSSR count). The molecule has 2 heterocycles. The van der Waals surface area contributed by atoms with Crippen molar-refractivity contribution in [2.24, 2.45) is 0 Å². The molecule has 1 aliphatic rings. The van der Waals surface area contributed by atoms with Crippen LogP contribution in [0.4, 0.5) is 4.39 Å². The van der Waals surface area contributed by atoms with Crippen LogP contribution in [0.5, 0.6) is 5.75 Å². The van der Waals surface area contributed by atoms with Crippen LogP contribution in [0.1, 0.15) is 29.8 Å². The molecule has 0 radical (unpaired) electrons. The van der Waals surface area contributed by atoms with Crippen molar-refractivity contribution in [1.29, 1.82) is 0 Å². The largest absolute Gasteiger partial charge is 0.491 e. The number of rotatable bonds is 8. The lowest BCUT2D eigenvalue weighted by atomic mass is 10.0. The third-order valence-electron chi connectivity index (χ3n) is 4.97. The Morgan fingerprint density at radius 2 is 2.10 bits per heavy atom. The van der Waals surface area contributed by atoms with Gasteiger partial charge in [0, 0.05) is 24.4 Å². The van der Waals surface area contributed by atoms with Crippen LogP contribution < -0.4 is 4.74 Å². The Bertz CT molecular complexity index is 865. The highest BCUT2D eigenvalue weighted by molar-refractivity contribution is 7.10. The summed E-state index contributed by atoms with van der Waals surface area (Å²) in [6.07, 6.45) is 2.75. The molecule has 0 bridgehead atoms. The molecule has 7 heteroatoms. The Hall–Kier alpha value is -2.67. The molecule has 1 aliphatic heterocycles. The molecule has 1 aromatic carbocycles. The molecule has 154 valence electrons. The van der Waals surface area contributed by atoms with E-state index in [9.17, 15) is 14.0 Å². The van der Waals surface area contributed by atoms with E-state index in [1.807, 2.05) is 11.4 Å². The molecule has 0 spiro atoms. The number of thiophene rings is 1. The average Bonchev–Trinajstić information content (AvgIpc) is 3.21. The quantitative estimate of drug-likeness (QED) is 0.615. The van der Waals surface area contributed by atoms with Gasteiger partial charge >= 0.3 is 0 Å². The molecule has 0 saturated heterocycles. The van der Waals surface area contributed by atoms with Crippen LogP contribution in [-0.2, 0) is 16.0 Å². The van der Waals surface area contributed by atoms with Crippen LogP contribution in [0.2, 0.25) is 0 Å². The van der Waals surface area contributed by atoms with E-state index in [1.165, 1.54) is 21.9 Å². The zero-order valence-electron chi connectivity index (χ0n) is 16.5. The molecule has 1 aromatic heterocycles. The molecule has 0 N–H and O–H groups in total. The highest BCUT2D eigenvalue weighted by atomic mass is 32.1. The smallest absolute Gasteiger partial charge is 0.242 e. The van der Waals surface area contributed by atoms with E-state index in [4.69, 9.17) is 4.74 Å². The molecule has 2 aromatic rings. The number of nitrogens with zero attached hydrogens (tertiary/aromatic N) is 2. The summed E-state index contributed by atoms with van der Waals surface area (Å²) in [6, 6.07) is 7.62. The first-order chi connectivity index (χ1) is 14.0. The van der Waals surface area contributed by atoms with Gasteiger partial charge in [-0.2, -0.15) is 0 Å². The van der Waals surface area contributed by atoms with Crippen molar-refractivity contribution in [3.63, 3.8) is 0 Å². The molecular formula is C22H25FN2O3S. The fourth-order valence-electron chi connectivity index (χ4n) is 3.47. The number of carbonyl (C=O) groups excluding carboxylic acids is 2. The second-order valence-corrected chi connectivity index (χ2v) is 7.83. The highest BCUT2D eigenvalue weighted by Gasteiger charge is 2.33. The number of fused-ring (bicyclic) bond motifs is 1. The van der Waals surface area contributed by atoms with Gasteiger partial charge in [-0.15, -0.1) is 17.9 Å². The molecule has 0 saturated carbocycles. The highest BCUT2D eigenvalue weighted by Crippen LogP contribution is 2.34. The minimum atomic E-state index is -0.324. The van der Waals surface area contributed by atoms with E-state index in [1.54, 1.807) is 41.4 Å². The minimum Gasteiger partial charge on any atom is -0.491 e. The number of hydrogen-bond donors (Lipinski definition) is 0. The lowest BCUT2D eigenvalue weighted by molar-refractivity contribution is -0.142. The molecule has 0 unspecified atom stereocenters. The van der Waals surface area contributed by atoms with Gasteiger partial charge in [0.2, 0.25) is 11.8 Å². The molecule has 0 fully saturated rings. The number of halogens is 1. The van der Waals surface area contributed by atoms with Crippen LogP contribution >= 0.6 is 11.3 Å². The SMILES string of the molecule is C=CCN(CC(=O)N1CCc2sccc2[C@@H]1COc1ccc(F)cc1)C(=O)CC. The average molecular weight is 417 g/mol. The molecule has 1 atom stereocenters. The number of amides is 2. The van der Waals surface area contributed by atoms with E-state index in [0.717, 1.165) is 12.0 Å². The number of benzene rings is 1. The van der Waals surface area contributed by atoms with Gasteiger partial charge < -0.3 is 14.5 Å². The van der Waals surface area contributed by atoms with Gasteiger partial charge in [0.05, 0.1) is 6.04 Å². The molecule has 2 amide bonds. The van der Waals surface area contributed by atoms with E-state index in [0.29, 0.717) is 25.3 Å². The predicted molar refractivity (Wildman–Crippen MR) is 111 cm³/mol. The van der Waals surface area contributed by atoms with Gasteiger partial charge in [0.1, 0.15) is 24.7 Å². The lowest BCUT2D eigenvalue weighted by Gasteiger charge is -2.37. The van der Waals surface area contributed by atoms with Crippen LogP contribution in [0.3, 0.4) is 0 Å². The Morgan fingerprint density at radius 3 is 2.79 bits per heavy atom. The summed E-state index contributed by atoms with van der Waals surface area (Å²) >= 11 is 1.68. The van der Waals surface area contributed by atoms with Crippen molar-refractivity contribution in [3.05, 3.63) is 64.6 Å². The monoisotopic (exact) mass is 416 g/mol. The van der Waals surface area contributed by atoms with Crippen molar-refractivity contribution < 1.29 is 18.7 Å². The normalized spacial score (nSPS) is 15.5. The van der Waals surface area contributed by atoms with Crippen molar-refractivity contribution in [3.8, 4) is 5.75 Å². The van der Waals surface area contributed by atoms with Crippen LogP contribution in [-0.4, -0.2) is 47.9 Å². The molecular weight excluding hydrogens is 391 g/mol. The van der Waals surface area contributed by atoms with E-state index in [2.05, 4.69) is 6.58 Å². The first-order valence-corrected chi connectivity index (χ1v) is 10.5. The van der Waals surface area contributed by atoms with E-state index < -0.39 is 0 Å². The van der Waals surface area contributed by atoms with Gasteiger partial charge in [-0.3, -0.25) is 9.59 Å². The maximum atomic E-state index is 13.1. The summed E-state index contributed by atoms with van der Waals surface area (Å²) in [4.78, 5) is 29.8. The van der Waals surface area contributed by atoms with Crippen molar-refractivity contribution >= 4 is 23.2 Å². The van der Waals surface area contributed by atoms with Gasteiger partial charge in [-0.25, -0.2) is 4.39 Å². The molecule has 0 aliphatic carbocycles. The Labute approximate surface area is 174 Å². The first-order valence-electron chi connectivity index (χ1n) is 9.66. The summed E-state index contributed by atoms with van der Waals surface area (Å²) in [5.41, 5.74) is 1.08. The standard InChI is InChI=1S/C22H25FN2O3S/c1-3-11-24(21(26)4-2)14-22(27)25-12-9-20-18(10-13-29-20)19(25)15-28-17-7-5-16(23)6-8-17/h3,5-8,10,13,19H,1,4,9,11-12,14-15H2,2H3/t19-/m0/s1. The van der Waals surface area contributed by atoms with Gasteiger partial charge in [-0.05, 0) is 47.7 Å². The lowest BCUT2D eigenvalue weighted by Crippen LogP contribution is -2.47. The topological polar surface area (TPSA) is 49.9 Å². The molecule has 5 nitrogen and oxygen atoms in total. The third-order valence-corrected chi connectivity index (χ3v) is 5.96. The molecule has 29 heavy (non-hydrogen) atoms. The Morgan fingerprint density at radius 1 is 1.34 bits per heavy atom.